The Labute approximate surface area is 85.6 Å². The predicted molar refractivity (Wildman–Crippen MR) is 56.0 cm³/mol. The van der Waals surface area contributed by atoms with Gasteiger partial charge >= 0.3 is 0 Å². The van der Waals surface area contributed by atoms with Crippen molar-refractivity contribution in [3.63, 3.8) is 0 Å². The molecule has 1 saturated carbocycles. The Hall–Kier alpha value is -0.570. The Morgan fingerprint density at radius 3 is 2.86 bits per heavy atom. The lowest BCUT2D eigenvalue weighted by Gasteiger charge is -2.10. The van der Waals surface area contributed by atoms with E-state index >= 15 is 0 Å². The van der Waals surface area contributed by atoms with E-state index in [1.54, 1.807) is 0 Å². The number of carbonyl (C=O) groups excluding carboxylic acids is 1. The molecule has 1 atom stereocenters. The van der Waals surface area contributed by atoms with Crippen molar-refractivity contribution >= 4 is 5.91 Å². The molecular weight excluding hydrogens is 176 g/mol. The summed E-state index contributed by atoms with van der Waals surface area (Å²) in [5.74, 6) is 0.963. The summed E-state index contributed by atoms with van der Waals surface area (Å²) in [6, 6.07) is 0.649. The minimum absolute atomic E-state index is 0.255. The lowest BCUT2D eigenvalue weighted by molar-refractivity contribution is -0.121. The Bertz CT molecular complexity index is 195. The molecule has 0 spiro atoms. The highest BCUT2D eigenvalue weighted by atomic mass is 16.1. The average Bonchev–Trinajstić information content (AvgIpc) is 2.82. The first kappa shape index (κ1) is 9.97. The molecule has 1 aliphatic carbocycles. The van der Waals surface area contributed by atoms with Crippen LogP contribution in [-0.4, -0.2) is 25.0 Å². The van der Waals surface area contributed by atoms with E-state index in [0.717, 1.165) is 25.9 Å². The van der Waals surface area contributed by atoms with Crippen LogP contribution >= 0.6 is 0 Å². The maximum Gasteiger partial charge on any atom is 0.220 e. The third-order valence-corrected chi connectivity index (χ3v) is 3.15. The van der Waals surface area contributed by atoms with Gasteiger partial charge in [0.15, 0.2) is 0 Å². The summed E-state index contributed by atoms with van der Waals surface area (Å²) in [5.41, 5.74) is 0. The van der Waals surface area contributed by atoms with Crippen LogP contribution in [0.1, 0.15) is 38.5 Å². The molecule has 1 aliphatic heterocycles. The smallest absolute Gasteiger partial charge is 0.220 e. The van der Waals surface area contributed by atoms with E-state index < -0.39 is 0 Å². The van der Waals surface area contributed by atoms with E-state index in [4.69, 9.17) is 0 Å². The fraction of sp³-hybridized carbons (Fsp3) is 0.909. The van der Waals surface area contributed by atoms with Crippen LogP contribution in [0.5, 0.6) is 0 Å². The van der Waals surface area contributed by atoms with Crippen molar-refractivity contribution in [2.75, 3.05) is 13.1 Å². The highest BCUT2D eigenvalue weighted by molar-refractivity contribution is 5.76. The maximum atomic E-state index is 11.3. The number of rotatable bonds is 5. The van der Waals surface area contributed by atoms with Gasteiger partial charge in [-0.15, -0.1) is 0 Å². The molecule has 0 unspecified atom stereocenters. The zero-order valence-corrected chi connectivity index (χ0v) is 8.72. The van der Waals surface area contributed by atoms with Gasteiger partial charge in [0.05, 0.1) is 0 Å². The summed E-state index contributed by atoms with van der Waals surface area (Å²) < 4.78 is 0. The predicted octanol–water partition coefficient (Wildman–Crippen LogP) is 1.04. The molecule has 2 N–H and O–H groups in total. The fourth-order valence-electron chi connectivity index (χ4n) is 2.05. The van der Waals surface area contributed by atoms with E-state index in [0.29, 0.717) is 12.0 Å². The first-order valence-electron chi connectivity index (χ1n) is 5.84. The van der Waals surface area contributed by atoms with Gasteiger partial charge in [0.1, 0.15) is 0 Å². The molecule has 0 bridgehead atoms. The molecule has 0 aromatic heterocycles. The van der Waals surface area contributed by atoms with Gasteiger partial charge in [-0.3, -0.25) is 4.79 Å². The second kappa shape index (κ2) is 4.78. The summed E-state index contributed by atoms with van der Waals surface area (Å²) in [6.45, 7) is 2.00. The zero-order chi connectivity index (χ0) is 9.80. The number of hydrogen-bond acceptors (Lipinski definition) is 2. The summed E-state index contributed by atoms with van der Waals surface area (Å²) in [4.78, 5) is 11.3. The van der Waals surface area contributed by atoms with E-state index in [2.05, 4.69) is 10.6 Å². The minimum atomic E-state index is 0.255. The lowest BCUT2D eigenvalue weighted by atomic mass is 10.1. The Balaban J connectivity index is 1.50. The second-order valence-corrected chi connectivity index (χ2v) is 4.58. The molecule has 1 heterocycles. The number of hydrogen-bond donors (Lipinski definition) is 2. The number of amides is 1. The van der Waals surface area contributed by atoms with Crippen molar-refractivity contribution < 1.29 is 4.79 Å². The van der Waals surface area contributed by atoms with Crippen LogP contribution in [0.15, 0.2) is 0 Å². The van der Waals surface area contributed by atoms with Crippen molar-refractivity contribution in [1.82, 2.24) is 10.6 Å². The maximum absolute atomic E-state index is 11.3. The van der Waals surface area contributed by atoms with Crippen molar-refractivity contribution in [1.29, 1.82) is 0 Å². The Kier molecular flexibility index (Phi) is 3.40. The molecule has 1 saturated heterocycles. The standard InChI is InChI=1S/C11H20N2O/c14-11(8-9-3-4-9)13-7-5-10-2-1-6-12-10/h9-10,12H,1-8H2,(H,13,14)/t10-/m1/s1. The number of carbonyl (C=O) groups is 1. The van der Waals surface area contributed by atoms with E-state index in [-0.39, 0.29) is 5.91 Å². The van der Waals surface area contributed by atoms with Crippen LogP contribution in [0.25, 0.3) is 0 Å². The molecule has 3 nitrogen and oxygen atoms in total. The van der Waals surface area contributed by atoms with Crippen LogP contribution < -0.4 is 10.6 Å². The summed E-state index contributed by atoms with van der Waals surface area (Å²) >= 11 is 0. The zero-order valence-electron chi connectivity index (χ0n) is 8.72. The van der Waals surface area contributed by atoms with Gasteiger partial charge in [0.2, 0.25) is 5.91 Å². The van der Waals surface area contributed by atoms with Gasteiger partial charge in [-0.05, 0) is 44.6 Å². The SMILES string of the molecule is O=C(CC1CC1)NCC[C@H]1CCCN1. The van der Waals surface area contributed by atoms with Crippen molar-refractivity contribution in [2.45, 2.75) is 44.6 Å². The molecule has 0 aromatic carbocycles. The summed E-state index contributed by atoms with van der Waals surface area (Å²) in [7, 11) is 0. The molecular formula is C11H20N2O. The Morgan fingerprint density at radius 2 is 2.21 bits per heavy atom. The molecule has 0 radical (unpaired) electrons. The number of nitrogens with one attached hydrogen (secondary N) is 2. The van der Waals surface area contributed by atoms with Gasteiger partial charge in [0.25, 0.3) is 0 Å². The molecule has 80 valence electrons. The summed E-state index contributed by atoms with van der Waals surface area (Å²) in [5, 5.41) is 6.43. The van der Waals surface area contributed by atoms with Crippen LogP contribution in [-0.2, 0) is 4.79 Å². The van der Waals surface area contributed by atoms with Crippen molar-refractivity contribution in [3.8, 4) is 0 Å². The van der Waals surface area contributed by atoms with Crippen molar-refractivity contribution in [3.05, 3.63) is 0 Å². The molecule has 14 heavy (non-hydrogen) atoms. The van der Waals surface area contributed by atoms with E-state index in [1.807, 2.05) is 0 Å². The molecule has 0 aromatic rings. The molecule has 3 heteroatoms. The van der Waals surface area contributed by atoms with Gasteiger partial charge in [0, 0.05) is 19.0 Å². The highest BCUT2D eigenvalue weighted by Gasteiger charge is 2.24. The van der Waals surface area contributed by atoms with Gasteiger partial charge < -0.3 is 10.6 Å². The first-order chi connectivity index (χ1) is 6.84. The topological polar surface area (TPSA) is 41.1 Å². The van der Waals surface area contributed by atoms with Gasteiger partial charge in [-0.25, -0.2) is 0 Å². The molecule has 2 fully saturated rings. The van der Waals surface area contributed by atoms with Gasteiger partial charge in [-0.1, -0.05) is 0 Å². The lowest BCUT2D eigenvalue weighted by Crippen LogP contribution is -2.30. The average molecular weight is 196 g/mol. The third kappa shape index (κ3) is 3.29. The van der Waals surface area contributed by atoms with Crippen molar-refractivity contribution in [2.24, 2.45) is 5.92 Å². The highest BCUT2D eigenvalue weighted by Crippen LogP contribution is 2.31. The first-order valence-corrected chi connectivity index (χ1v) is 5.84. The minimum Gasteiger partial charge on any atom is -0.356 e. The largest absolute Gasteiger partial charge is 0.356 e. The molecule has 1 amide bonds. The van der Waals surface area contributed by atoms with Crippen LogP contribution in [0, 0.1) is 5.92 Å². The van der Waals surface area contributed by atoms with Crippen LogP contribution in [0.4, 0.5) is 0 Å². The van der Waals surface area contributed by atoms with Crippen LogP contribution in [0.2, 0.25) is 0 Å². The normalized spacial score (nSPS) is 26.4. The van der Waals surface area contributed by atoms with E-state index in [1.165, 1.54) is 25.7 Å². The monoisotopic (exact) mass is 196 g/mol. The van der Waals surface area contributed by atoms with E-state index in [9.17, 15) is 4.79 Å². The molecule has 2 aliphatic rings. The van der Waals surface area contributed by atoms with Gasteiger partial charge in [-0.2, -0.15) is 0 Å². The summed E-state index contributed by atoms with van der Waals surface area (Å²) in [6.07, 6.45) is 6.95. The quantitative estimate of drug-likeness (QED) is 0.690. The third-order valence-electron chi connectivity index (χ3n) is 3.15. The molecule has 2 rings (SSSR count). The Morgan fingerprint density at radius 1 is 1.36 bits per heavy atom. The second-order valence-electron chi connectivity index (χ2n) is 4.58. The van der Waals surface area contributed by atoms with Crippen LogP contribution in [0.3, 0.4) is 0 Å². The fourth-order valence-corrected chi connectivity index (χ4v) is 2.05.